The molecule has 1 heterocycles. The molecule has 1 aromatic carbocycles. The molecule has 0 fully saturated rings. The molecule has 0 saturated heterocycles. The number of nitrogens with zero attached hydrogens (tertiary/aromatic N) is 2. The van der Waals surface area contributed by atoms with Gasteiger partial charge in [0, 0.05) is 18.0 Å². The molecule has 100 valence electrons. The van der Waals surface area contributed by atoms with Gasteiger partial charge in [-0.25, -0.2) is 9.97 Å². The van der Waals surface area contributed by atoms with E-state index in [2.05, 4.69) is 14.7 Å². The maximum absolute atomic E-state index is 12.2. The summed E-state index contributed by atoms with van der Waals surface area (Å²) in [6, 6.07) is 6.26. The van der Waals surface area contributed by atoms with Crippen LogP contribution in [0.4, 0.5) is 8.78 Å². The summed E-state index contributed by atoms with van der Waals surface area (Å²) in [5.41, 5.74) is 1.10. The van der Waals surface area contributed by atoms with Gasteiger partial charge in [-0.2, -0.15) is 8.78 Å². The predicted octanol–water partition coefficient (Wildman–Crippen LogP) is 3.14. The van der Waals surface area contributed by atoms with E-state index < -0.39 is 6.61 Å². The van der Waals surface area contributed by atoms with Gasteiger partial charge in [-0.15, -0.1) is 0 Å². The first-order valence-electron chi connectivity index (χ1n) is 5.69. The van der Waals surface area contributed by atoms with Crippen LogP contribution in [0.3, 0.4) is 0 Å². The molecule has 6 heteroatoms. The Hall–Kier alpha value is -2.24. The number of aromatic nitrogens is 2. The summed E-state index contributed by atoms with van der Waals surface area (Å²) in [5, 5.41) is 0. The van der Waals surface area contributed by atoms with Crippen LogP contribution in [-0.2, 0) is 0 Å². The van der Waals surface area contributed by atoms with Crippen molar-refractivity contribution in [3.05, 3.63) is 36.7 Å². The Labute approximate surface area is 109 Å². The molecule has 0 amide bonds. The first-order valence-corrected chi connectivity index (χ1v) is 5.69. The minimum atomic E-state index is -2.86. The normalized spacial score (nSPS) is 10.5. The van der Waals surface area contributed by atoms with Crippen molar-refractivity contribution in [2.24, 2.45) is 0 Å². The highest BCUT2D eigenvalue weighted by Crippen LogP contribution is 2.28. The standard InChI is InChI=1S/C13H12F2N2O2/c1-2-18-12-11(16-6-7-17-12)9-4-3-5-10(8-9)19-13(14)15/h3-8,13H,2H2,1H3. The fourth-order valence-electron chi connectivity index (χ4n) is 1.59. The SMILES string of the molecule is CCOc1nccnc1-c1cccc(OC(F)F)c1. The Kier molecular flexibility index (Phi) is 4.22. The minimum Gasteiger partial charge on any atom is -0.476 e. The molecule has 0 N–H and O–H groups in total. The van der Waals surface area contributed by atoms with Gasteiger partial charge in [0.1, 0.15) is 11.4 Å². The Bertz CT molecular complexity index is 550. The van der Waals surface area contributed by atoms with Crippen LogP contribution in [0.15, 0.2) is 36.7 Å². The van der Waals surface area contributed by atoms with Crippen LogP contribution >= 0.6 is 0 Å². The Morgan fingerprint density at radius 1 is 1.21 bits per heavy atom. The van der Waals surface area contributed by atoms with Crippen molar-refractivity contribution in [2.75, 3.05) is 6.61 Å². The van der Waals surface area contributed by atoms with Gasteiger partial charge in [-0.1, -0.05) is 12.1 Å². The van der Waals surface area contributed by atoms with Gasteiger partial charge in [0.15, 0.2) is 0 Å². The molecule has 2 rings (SSSR count). The number of ether oxygens (including phenoxy) is 2. The van der Waals surface area contributed by atoms with Gasteiger partial charge in [-0.05, 0) is 19.1 Å². The van der Waals surface area contributed by atoms with E-state index in [0.717, 1.165) is 0 Å². The van der Waals surface area contributed by atoms with Gasteiger partial charge in [0.05, 0.1) is 6.61 Å². The van der Waals surface area contributed by atoms with E-state index in [1.54, 1.807) is 12.1 Å². The molecule has 0 atom stereocenters. The summed E-state index contributed by atoms with van der Waals surface area (Å²) in [5.74, 6) is 0.430. The molecule has 0 aliphatic carbocycles. The number of benzene rings is 1. The third kappa shape index (κ3) is 3.37. The number of alkyl halides is 2. The lowest BCUT2D eigenvalue weighted by Crippen LogP contribution is -2.02. The van der Waals surface area contributed by atoms with Crippen LogP contribution in [0.2, 0.25) is 0 Å². The first-order chi connectivity index (χ1) is 9.20. The average Bonchev–Trinajstić information content (AvgIpc) is 2.39. The third-order valence-corrected chi connectivity index (χ3v) is 2.28. The van der Waals surface area contributed by atoms with Crippen LogP contribution in [0.1, 0.15) is 6.92 Å². The lowest BCUT2D eigenvalue weighted by molar-refractivity contribution is -0.0498. The molecule has 0 aliphatic rings. The highest BCUT2D eigenvalue weighted by molar-refractivity contribution is 5.65. The van der Waals surface area contributed by atoms with Crippen LogP contribution in [0, 0.1) is 0 Å². The van der Waals surface area contributed by atoms with Crippen molar-refractivity contribution in [1.82, 2.24) is 9.97 Å². The summed E-state index contributed by atoms with van der Waals surface area (Å²) in [6.45, 7) is -0.586. The van der Waals surface area contributed by atoms with E-state index in [0.29, 0.717) is 23.7 Å². The van der Waals surface area contributed by atoms with Gasteiger partial charge in [0.2, 0.25) is 5.88 Å². The molecule has 19 heavy (non-hydrogen) atoms. The number of rotatable bonds is 5. The third-order valence-electron chi connectivity index (χ3n) is 2.28. The first kappa shape index (κ1) is 13.2. The van der Waals surface area contributed by atoms with Crippen molar-refractivity contribution in [2.45, 2.75) is 13.5 Å². The Balaban J connectivity index is 2.36. The summed E-state index contributed by atoms with van der Waals surface area (Å²) < 4.78 is 34.1. The molecular weight excluding hydrogens is 254 g/mol. The zero-order valence-corrected chi connectivity index (χ0v) is 10.2. The molecule has 0 aliphatic heterocycles. The van der Waals surface area contributed by atoms with Gasteiger partial charge >= 0.3 is 6.61 Å². The average molecular weight is 266 g/mol. The van der Waals surface area contributed by atoms with E-state index in [9.17, 15) is 8.78 Å². The van der Waals surface area contributed by atoms with Crippen molar-refractivity contribution >= 4 is 0 Å². The van der Waals surface area contributed by atoms with E-state index in [-0.39, 0.29) is 5.75 Å². The molecule has 1 aromatic heterocycles. The molecule has 0 bridgehead atoms. The zero-order chi connectivity index (χ0) is 13.7. The van der Waals surface area contributed by atoms with Crippen LogP contribution in [0.5, 0.6) is 11.6 Å². The maximum Gasteiger partial charge on any atom is 0.387 e. The summed E-state index contributed by atoms with van der Waals surface area (Å²) in [7, 11) is 0. The molecule has 4 nitrogen and oxygen atoms in total. The van der Waals surface area contributed by atoms with Crippen LogP contribution < -0.4 is 9.47 Å². The lowest BCUT2D eigenvalue weighted by atomic mass is 10.1. The Morgan fingerprint density at radius 3 is 2.74 bits per heavy atom. The minimum absolute atomic E-state index is 0.0700. The largest absolute Gasteiger partial charge is 0.476 e. The second kappa shape index (κ2) is 6.08. The number of hydrogen-bond donors (Lipinski definition) is 0. The van der Waals surface area contributed by atoms with Gasteiger partial charge in [0.25, 0.3) is 0 Å². The van der Waals surface area contributed by atoms with Crippen LogP contribution in [-0.4, -0.2) is 23.2 Å². The highest BCUT2D eigenvalue weighted by atomic mass is 19.3. The summed E-state index contributed by atoms with van der Waals surface area (Å²) in [4.78, 5) is 8.22. The second-order valence-electron chi connectivity index (χ2n) is 3.55. The smallest absolute Gasteiger partial charge is 0.387 e. The highest BCUT2D eigenvalue weighted by Gasteiger charge is 2.11. The maximum atomic E-state index is 12.2. The number of halogens is 2. The van der Waals surface area contributed by atoms with E-state index >= 15 is 0 Å². The van der Waals surface area contributed by atoms with Gasteiger partial charge < -0.3 is 9.47 Å². The predicted molar refractivity (Wildman–Crippen MR) is 65.3 cm³/mol. The number of hydrogen-bond acceptors (Lipinski definition) is 4. The van der Waals surface area contributed by atoms with Gasteiger partial charge in [-0.3, -0.25) is 0 Å². The van der Waals surface area contributed by atoms with Crippen molar-refractivity contribution in [1.29, 1.82) is 0 Å². The lowest BCUT2D eigenvalue weighted by Gasteiger charge is -2.09. The van der Waals surface area contributed by atoms with Crippen molar-refractivity contribution < 1.29 is 18.3 Å². The quantitative estimate of drug-likeness (QED) is 0.834. The molecule has 2 aromatic rings. The van der Waals surface area contributed by atoms with E-state index in [1.165, 1.54) is 24.5 Å². The van der Waals surface area contributed by atoms with Crippen molar-refractivity contribution in [3.63, 3.8) is 0 Å². The van der Waals surface area contributed by atoms with Crippen molar-refractivity contribution in [3.8, 4) is 22.9 Å². The fraction of sp³-hybridized carbons (Fsp3) is 0.231. The van der Waals surface area contributed by atoms with E-state index in [1.807, 2.05) is 6.92 Å². The summed E-state index contributed by atoms with van der Waals surface area (Å²) in [6.07, 6.45) is 3.02. The zero-order valence-electron chi connectivity index (χ0n) is 10.2. The second-order valence-corrected chi connectivity index (χ2v) is 3.55. The monoisotopic (exact) mass is 266 g/mol. The summed E-state index contributed by atoms with van der Waals surface area (Å²) >= 11 is 0. The molecule has 0 saturated carbocycles. The topological polar surface area (TPSA) is 44.2 Å². The van der Waals surface area contributed by atoms with E-state index in [4.69, 9.17) is 4.74 Å². The molecule has 0 radical (unpaired) electrons. The molecular formula is C13H12F2N2O2. The Morgan fingerprint density at radius 2 is 2.00 bits per heavy atom. The van der Waals surface area contributed by atoms with Crippen LogP contribution in [0.25, 0.3) is 11.3 Å². The molecule has 0 spiro atoms. The fourth-order valence-corrected chi connectivity index (χ4v) is 1.59. The molecule has 0 unspecified atom stereocenters.